The van der Waals surface area contributed by atoms with Gasteiger partial charge in [-0.2, -0.15) is 4.98 Å². The molecule has 9 nitrogen and oxygen atoms in total. The molecule has 1 saturated carbocycles. The van der Waals surface area contributed by atoms with E-state index in [4.69, 9.17) is 21.0 Å². The highest BCUT2D eigenvalue weighted by atomic mass is 32.1. The maximum Gasteiger partial charge on any atom is 0.346 e. The van der Waals surface area contributed by atoms with Crippen molar-refractivity contribution < 1.29 is 23.8 Å². The molecular weight excluding hydrogens is 545 g/mol. The van der Waals surface area contributed by atoms with Crippen molar-refractivity contribution in [3.8, 4) is 5.88 Å². The zero-order chi connectivity index (χ0) is 28.1. The molecule has 2 saturated heterocycles. The molecule has 0 amide bonds. The second kappa shape index (κ2) is 10.1. The Labute approximate surface area is 240 Å². The van der Waals surface area contributed by atoms with E-state index in [9.17, 15) is 14.3 Å². The van der Waals surface area contributed by atoms with E-state index in [1.165, 1.54) is 17.4 Å². The fraction of sp³-hybridized carbons (Fsp3) is 0.400. The van der Waals surface area contributed by atoms with Crippen molar-refractivity contribution in [2.45, 2.75) is 50.9 Å². The van der Waals surface area contributed by atoms with E-state index in [1.807, 2.05) is 12.1 Å². The molecule has 3 fully saturated rings. The van der Waals surface area contributed by atoms with Gasteiger partial charge in [-0.05, 0) is 49.3 Å². The molecule has 4 aromatic rings. The maximum atomic E-state index is 14.3. The molecule has 2 aliphatic heterocycles. The number of thiophene rings is 1. The zero-order valence-corrected chi connectivity index (χ0v) is 23.1. The molecule has 7 rings (SSSR count). The monoisotopic (exact) mass is 573 g/mol. The van der Waals surface area contributed by atoms with Crippen molar-refractivity contribution in [2.75, 3.05) is 24.6 Å². The fourth-order valence-electron chi connectivity index (χ4n) is 6.11. The van der Waals surface area contributed by atoms with Crippen LogP contribution >= 0.6 is 11.3 Å². The molecule has 210 valence electrons. The number of anilines is 1. The van der Waals surface area contributed by atoms with Crippen LogP contribution < -0.4 is 9.64 Å². The van der Waals surface area contributed by atoms with E-state index in [2.05, 4.69) is 19.3 Å². The summed E-state index contributed by atoms with van der Waals surface area (Å²) in [5.41, 5.74) is 1.74. The molecule has 0 bridgehead atoms. The van der Waals surface area contributed by atoms with Gasteiger partial charge in [0.15, 0.2) is 5.69 Å². The highest BCUT2D eigenvalue weighted by Crippen LogP contribution is 2.65. The number of carbonyl (C=O) groups is 1. The van der Waals surface area contributed by atoms with Gasteiger partial charge in [-0.1, -0.05) is 18.2 Å². The molecule has 1 aliphatic carbocycles. The summed E-state index contributed by atoms with van der Waals surface area (Å²) in [5.74, 6) is 1.31. The molecule has 2 atom stereocenters. The number of hydrogen-bond acceptors (Lipinski definition) is 7. The molecule has 3 aliphatic rings. The van der Waals surface area contributed by atoms with Crippen LogP contribution in [0.25, 0.3) is 15.2 Å². The fourth-order valence-corrected chi connectivity index (χ4v) is 6.99. The van der Waals surface area contributed by atoms with Gasteiger partial charge < -0.3 is 24.0 Å². The van der Waals surface area contributed by atoms with Crippen LogP contribution in [-0.4, -0.2) is 51.4 Å². The molecule has 1 spiro atoms. The Balaban J connectivity index is 1.02. The van der Waals surface area contributed by atoms with Crippen LogP contribution in [0.4, 0.5) is 15.9 Å². The van der Waals surface area contributed by atoms with Crippen LogP contribution in [0.2, 0.25) is 0 Å². The lowest BCUT2D eigenvalue weighted by atomic mass is 9.90. The summed E-state index contributed by atoms with van der Waals surface area (Å²) in [6.07, 6.45) is 4.29. The molecule has 41 heavy (non-hydrogen) atoms. The third kappa shape index (κ3) is 4.81. The number of benzene rings is 1. The number of nitrogens with zero attached hydrogens (tertiary/aromatic N) is 5. The number of imidazole rings is 1. The van der Waals surface area contributed by atoms with Gasteiger partial charge in [0.25, 0.3) is 0 Å². The smallest absolute Gasteiger partial charge is 0.346 e. The van der Waals surface area contributed by atoms with E-state index < -0.39 is 11.8 Å². The summed E-state index contributed by atoms with van der Waals surface area (Å²) < 4.78 is 28.0. The van der Waals surface area contributed by atoms with Crippen molar-refractivity contribution in [2.24, 2.45) is 5.41 Å². The average Bonchev–Trinajstić information content (AvgIpc) is 3.30. The predicted octanol–water partition coefficient (Wildman–Crippen LogP) is 6.02. The number of carboxylic acids is 1. The lowest BCUT2D eigenvalue weighted by Gasteiger charge is -2.34. The summed E-state index contributed by atoms with van der Waals surface area (Å²) in [6, 6.07) is 11.8. The van der Waals surface area contributed by atoms with E-state index in [0.29, 0.717) is 28.8 Å². The Morgan fingerprint density at radius 1 is 1.24 bits per heavy atom. The van der Waals surface area contributed by atoms with Gasteiger partial charge >= 0.3 is 5.97 Å². The lowest BCUT2D eigenvalue weighted by Crippen LogP contribution is -2.36. The molecule has 0 radical (unpaired) electrons. The second-order valence-electron chi connectivity index (χ2n) is 11.1. The summed E-state index contributed by atoms with van der Waals surface area (Å²) in [4.78, 5) is 27.8. The number of aromatic carboxylic acids is 1. The molecule has 3 aromatic heterocycles. The molecule has 5 heterocycles. The average molecular weight is 574 g/mol. The first-order chi connectivity index (χ1) is 19.9. The van der Waals surface area contributed by atoms with Crippen molar-refractivity contribution in [1.29, 1.82) is 0 Å². The number of aromatic nitrogens is 3. The van der Waals surface area contributed by atoms with Crippen LogP contribution in [0.3, 0.4) is 0 Å². The summed E-state index contributed by atoms with van der Waals surface area (Å²) in [5, 5.41) is 9.48. The van der Waals surface area contributed by atoms with Gasteiger partial charge in [0, 0.05) is 37.2 Å². The number of pyridine rings is 1. The Kier molecular flexibility index (Phi) is 6.40. The summed E-state index contributed by atoms with van der Waals surface area (Å²) in [7, 11) is 0. The standard InChI is InChI=1S/C30H28FN5O4S/c1-32-19-6-5-18(22(31)13-19)17-40-26-4-2-3-25(33-26)35-10-8-30(9-11-35)15-21(30)27-34-28-23(14-24(41-28)29(37)38)36(27)16-20-7-12-39-20/h2-6,13-14,20-21H,7-12,15-17H2,(H,37,38). The SMILES string of the molecule is [C-]#[N+]c1ccc(COc2cccc(N3CCC4(CC3)CC4c3nc4sc(C(=O)O)cc4n3CC3CCO3)n2)c(F)c1. The van der Waals surface area contributed by atoms with Crippen LogP contribution in [0, 0.1) is 17.8 Å². The minimum absolute atomic E-state index is 0.0370. The summed E-state index contributed by atoms with van der Waals surface area (Å²) in [6.45, 7) is 10.3. The van der Waals surface area contributed by atoms with Gasteiger partial charge in [0.05, 0.1) is 24.7 Å². The molecule has 11 heteroatoms. The number of hydrogen-bond donors (Lipinski definition) is 1. The van der Waals surface area contributed by atoms with E-state index in [0.717, 1.165) is 67.4 Å². The third-order valence-corrected chi connectivity index (χ3v) is 9.71. The second-order valence-corrected chi connectivity index (χ2v) is 12.1. The number of piperidine rings is 1. The first-order valence-corrected chi connectivity index (χ1v) is 14.6. The van der Waals surface area contributed by atoms with Gasteiger partial charge in [-0.15, -0.1) is 11.3 Å². The normalized spacial score (nSPS) is 21.0. The number of rotatable bonds is 8. The Morgan fingerprint density at radius 3 is 2.78 bits per heavy atom. The first-order valence-electron chi connectivity index (χ1n) is 13.8. The lowest BCUT2D eigenvalue weighted by molar-refractivity contribution is -0.0590. The molecular formula is C30H28FN5O4S. The van der Waals surface area contributed by atoms with Crippen LogP contribution in [0.1, 0.15) is 52.7 Å². The number of ether oxygens (including phenoxy) is 2. The highest BCUT2D eigenvalue weighted by Gasteiger charge is 2.57. The predicted molar refractivity (Wildman–Crippen MR) is 151 cm³/mol. The Bertz CT molecular complexity index is 1680. The minimum atomic E-state index is -0.915. The third-order valence-electron chi connectivity index (χ3n) is 8.70. The highest BCUT2D eigenvalue weighted by molar-refractivity contribution is 7.20. The van der Waals surface area contributed by atoms with E-state index >= 15 is 0 Å². The van der Waals surface area contributed by atoms with E-state index in [-0.39, 0.29) is 23.8 Å². The van der Waals surface area contributed by atoms with Gasteiger partial charge in [-0.25, -0.2) is 19.0 Å². The maximum absolute atomic E-state index is 14.3. The molecule has 2 unspecified atom stereocenters. The van der Waals surface area contributed by atoms with Crippen LogP contribution in [0.5, 0.6) is 5.88 Å². The van der Waals surface area contributed by atoms with Crippen molar-refractivity contribution in [3.63, 3.8) is 0 Å². The van der Waals surface area contributed by atoms with Gasteiger partial charge in [-0.3, -0.25) is 0 Å². The quantitative estimate of drug-likeness (QED) is 0.258. The molecule has 1 N–H and O–H groups in total. The number of halogens is 1. The van der Waals surface area contributed by atoms with E-state index in [1.54, 1.807) is 24.3 Å². The number of fused-ring (bicyclic) bond motifs is 1. The minimum Gasteiger partial charge on any atom is -0.477 e. The van der Waals surface area contributed by atoms with Crippen molar-refractivity contribution in [3.05, 3.63) is 76.0 Å². The van der Waals surface area contributed by atoms with Crippen LogP contribution in [-0.2, 0) is 17.9 Å². The Morgan fingerprint density at radius 2 is 2.07 bits per heavy atom. The van der Waals surface area contributed by atoms with Gasteiger partial charge in [0.1, 0.15) is 33.8 Å². The Hall–Kier alpha value is -4.01. The van der Waals surface area contributed by atoms with Crippen molar-refractivity contribution in [1.82, 2.24) is 14.5 Å². The first kappa shape index (κ1) is 25.9. The topological polar surface area (TPSA) is 94.1 Å². The number of carboxylic acid groups (broad SMARTS) is 1. The van der Waals surface area contributed by atoms with Crippen molar-refractivity contribution >= 4 is 39.2 Å². The zero-order valence-electron chi connectivity index (χ0n) is 22.3. The van der Waals surface area contributed by atoms with Gasteiger partial charge in [0.2, 0.25) is 5.88 Å². The van der Waals surface area contributed by atoms with Crippen LogP contribution in [0.15, 0.2) is 42.5 Å². The molecule has 1 aromatic carbocycles. The summed E-state index contributed by atoms with van der Waals surface area (Å²) >= 11 is 1.24. The largest absolute Gasteiger partial charge is 0.477 e.